The van der Waals surface area contributed by atoms with E-state index >= 15 is 0 Å². The van der Waals surface area contributed by atoms with E-state index in [1.54, 1.807) is 0 Å². The van der Waals surface area contributed by atoms with E-state index in [0.717, 1.165) is 5.70 Å². The molecule has 35 heavy (non-hydrogen) atoms. The Morgan fingerprint density at radius 2 is 1.14 bits per heavy atom. The number of hydrogen-bond acceptors (Lipinski definition) is 0. The maximum absolute atomic E-state index is 4.29. The van der Waals surface area contributed by atoms with E-state index < -0.39 is 0 Å². The zero-order valence-corrected chi connectivity index (χ0v) is 19.6. The molecule has 0 amide bonds. The molecule has 5 aromatic carbocycles. The van der Waals surface area contributed by atoms with Gasteiger partial charge in [0.2, 0.25) is 0 Å². The van der Waals surface area contributed by atoms with Gasteiger partial charge in [0.1, 0.15) is 0 Å². The summed E-state index contributed by atoms with van der Waals surface area (Å²) in [6, 6.07) is 41.4. The number of rotatable bonds is 3. The lowest BCUT2D eigenvalue weighted by atomic mass is 9.97. The molecule has 0 bridgehead atoms. The fourth-order valence-corrected chi connectivity index (χ4v) is 5.74. The molecule has 0 fully saturated rings. The molecule has 0 aliphatic heterocycles. The summed E-state index contributed by atoms with van der Waals surface area (Å²) in [4.78, 5) is 0. The number of allylic oxidation sites excluding steroid dienone is 1. The van der Waals surface area contributed by atoms with Gasteiger partial charge in [0.25, 0.3) is 0 Å². The molecule has 0 radical (unpaired) electrons. The summed E-state index contributed by atoms with van der Waals surface area (Å²) in [5.41, 5.74) is 9.50. The van der Waals surface area contributed by atoms with Gasteiger partial charge in [-0.2, -0.15) is 0 Å². The normalized spacial score (nSPS) is 11.7. The molecule has 166 valence electrons. The maximum atomic E-state index is 4.29. The molecule has 0 unspecified atom stereocenters. The number of hydrogen-bond donors (Lipinski definition) is 0. The van der Waals surface area contributed by atoms with E-state index in [2.05, 4.69) is 138 Å². The van der Waals surface area contributed by atoms with Crippen LogP contribution in [-0.4, -0.2) is 9.13 Å². The standard InChI is InChI=1S/C33H24N2/c1-22(2)34-30-20-9-7-15-28(30)32-25(16-11-21-31(32)34)27-18-10-17-26-24-14-6-8-19-29(24)35(33(26)27)23-12-4-3-5-13-23/h3-21H,1H2,2H3. The third-order valence-electron chi connectivity index (χ3n) is 7.08. The first-order valence-electron chi connectivity index (χ1n) is 12.0. The number of para-hydroxylation sites is 4. The first-order valence-corrected chi connectivity index (χ1v) is 12.0. The number of fused-ring (bicyclic) bond motifs is 6. The van der Waals surface area contributed by atoms with Crippen LogP contribution in [0.5, 0.6) is 0 Å². The largest absolute Gasteiger partial charge is 0.314 e. The summed E-state index contributed by atoms with van der Waals surface area (Å²) >= 11 is 0. The van der Waals surface area contributed by atoms with Gasteiger partial charge >= 0.3 is 0 Å². The predicted octanol–water partition coefficient (Wildman–Crippen LogP) is 9.05. The molecule has 2 nitrogen and oxygen atoms in total. The SMILES string of the molecule is C=C(C)n1c2ccccc2c2c(-c3cccc4c5ccccc5n(-c5ccccc5)c34)cccc21. The van der Waals surface area contributed by atoms with E-state index in [-0.39, 0.29) is 0 Å². The first kappa shape index (κ1) is 19.9. The summed E-state index contributed by atoms with van der Waals surface area (Å²) in [5.74, 6) is 0. The van der Waals surface area contributed by atoms with Crippen LogP contribution in [0.1, 0.15) is 6.92 Å². The van der Waals surface area contributed by atoms with Gasteiger partial charge < -0.3 is 9.13 Å². The Kier molecular flexibility index (Phi) is 4.24. The molecule has 0 atom stereocenters. The quantitative estimate of drug-likeness (QED) is 0.255. The van der Waals surface area contributed by atoms with Crippen LogP contribution in [0.2, 0.25) is 0 Å². The van der Waals surface area contributed by atoms with Crippen molar-refractivity contribution in [1.29, 1.82) is 0 Å². The van der Waals surface area contributed by atoms with E-state index in [1.165, 1.54) is 60.4 Å². The number of benzene rings is 5. The van der Waals surface area contributed by atoms with E-state index in [9.17, 15) is 0 Å². The van der Waals surface area contributed by atoms with Gasteiger partial charge in [-0.3, -0.25) is 0 Å². The molecule has 2 heterocycles. The highest BCUT2D eigenvalue weighted by molar-refractivity contribution is 6.20. The van der Waals surface area contributed by atoms with Crippen LogP contribution in [0.3, 0.4) is 0 Å². The molecule has 0 saturated carbocycles. The number of aromatic nitrogens is 2. The zero-order valence-electron chi connectivity index (χ0n) is 19.6. The van der Waals surface area contributed by atoms with Crippen LogP contribution in [0.25, 0.3) is 66.1 Å². The topological polar surface area (TPSA) is 9.86 Å². The second-order valence-electron chi connectivity index (χ2n) is 9.18. The van der Waals surface area contributed by atoms with Crippen LogP contribution in [0, 0.1) is 0 Å². The van der Waals surface area contributed by atoms with Crippen molar-refractivity contribution in [2.75, 3.05) is 0 Å². The molecule has 0 N–H and O–H groups in total. The molecule has 0 aliphatic rings. The van der Waals surface area contributed by atoms with Crippen molar-refractivity contribution in [3.8, 4) is 16.8 Å². The molecule has 2 heteroatoms. The van der Waals surface area contributed by atoms with Gasteiger partial charge in [0.05, 0.1) is 22.1 Å². The highest BCUT2D eigenvalue weighted by Gasteiger charge is 2.20. The van der Waals surface area contributed by atoms with Crippen LogP contribution in [0.15, 0.2) is 122 Å². The summed E-state index contributed by atoms with van der Waals surface area (Å²) in [5, 5.41) is 5.05. The lowest BCUT2D eigenvalue weighted by Crippen LogP contribution is -1.95. The molecule has 0 spiro atoms. The molecule has 2 aromatic heterocycles. The van der Waals surface area contributed by atoms with Crippen molar-refractivity contribution in [3.63, 3.8) is 0 Å². The summed E-state index contributed by atoms with van der Waals surface area (Å²) < 4.78 is 4.69. The molecule has 7 aromatic rings. The maximum Gasteiger partial charge on any atom is 0.0619 e. The lowest BCUT2D eigenvalue weighted by molar-refractivity contribution is 1.18. The Labute approximate surface area is 204 Å². The summed E-state index contributed by atoms with van der Waals surface area (Å²) in [6.45, 7) is 6.37. The van der Waals surface area contributed by atoms with E-state index in [1.807, 2.05) is 0 Å². The summed E-state index contributed by atoms with van der Waals surface area (Å²) in [7, 11) is 0. The van der Waals surface area contributed by atoms with Crippen LogP contribution in [-0.2, 0) is 0 Å². The Balaban J connectivity index is 1.69. The highest BCUT2D eigenvalue weighted by Crippen LogP contribution is 2.43. The van der Waals surface area contributed by atoms with Crippen LogP contribution < -0.4 is 0 Å². The second-order valence-corrected chi connectivity index (χ2v) is 9.18. The average Bonchev–Trinajstić information content (AvgIpc) is 3.42. The zero-order chi connectivity index (χ0) is 23.5. The van der Waals surface area contributed by atoms with Gasteiger partial charge in [-0.1, -0.05) is 91.5 Å². The van der Waals surface area contributed by atoms with Crippen molar-refractivity contribution in [1.82, 2.24) is 9.13 Å². The van der Waals surface area contributed by atoms with Crippen LogP contribution >= 0.6 is 0 Å². The third kappa shape index (κ3) is 2.77. The Morgan fingerprint density at radius 3 is 1.94 bits per heavy atom. The minimum atomic E-state index is 1.02. The monoisotopic (exact) mass is 448 g/mol. The molecular weight excluding hydrogens is 424 g/mol. The fraction of sp³-hybridized carbons (Fsp3) is 0.0303. The van der Waals surface area contributed by atoms with Crippen molar-refractivity contribution in [3.05, 3.63) is 122 Å². The molecular formula is C33H24N2. The van der Waals surface area contributed by atoms with Crippen molar-refractivity contribution in [2.45, 2.75) is 6.92 Å². The van der Waals surface area contributed by atoms with Crippen LogP contribution in [0.4, 0.5) is 0 Å². The Bertz CT molecular complexity index is 1920. The van der Waals surface area contributed by atoms with E-state index in [0.29, 0.717) is 0 Å². The predicted molar refractivity (Wildman–Crippen MR) is 150 cm³/mol. The fourth-order valence-electron chi connectivity index (χ4n) is 5.74. The van der Waals surface area contributed by atoms with Gasteiger partial charge in [-0.25, -0.2) is 0 Å². The minimum Gasteiger partial charge on any atom is -0.314 e. The van der Waals surface area contributed by atoms with Crippen molar-refractivity contribution < 1.29 is 0 Å². The first-order chi connectivity index (χ1) is 17.2. The smallest absolute Gasteiger partial charge is 0.0619 e. The Hall–Kier alpha value is -4.56. The number of nitrogens with zero attached hydrogens (tertiary/aromatic N) is 2. The van der Waals surface area contributed by atoms with Gasteiger partial charge in [0, 0.05) is 38.5 Å². The van der Waals surface area contributed by atoms with E-state index in [4.69, 9.17) is 0 Å². The van der Waals surface area contributed by atoms with Crippen molar-refractivity contribution >= 4 is 49.3 Å². The molecule has 0 saturated heterocycles. The van der Waals surface area contributed by atoms with Gasteiger partial charge in [0.15, 0.2) is 0 Å². The molecule has 0 aliphatic carbocycles. The highest BCUT2D eigenvalue weighted by atomic mass is 15.0. The minimum absolute atomic E-state index is 1.02. The average molecular weight is 449 g/mol. The molecule has 7 rings (SSSR count). The van der Waals surface area contributed by atoms with Crippen molar-refractivity contribution in [2.24, 2.45) is 0 Å². The second kappa shape index (κ2) is 7.48. The van der Waals surface area contributed by atoms with Gasteiger partial charge in [-0.15, -0.1) is 0 Å². The Morgan fingerprint density at radius 1 is 0.543 bits per heavy atom. The van der Waals surface area contributed by atoms with Gasteiger partial charge in [-0.05, 0) is 42.8 Å². The lowest BCUT2D eigenvalue weighted by Gasteiger charge is -2.13. The third-order valence-corrected chi connectivity index (χ3v) is 7.08. The summed E-state index contributed by atoms with van der Waals surface area (Å²) in [6.07, 6.45) is 0.